The quantitative estimate of drug-likeness (QED) is 0.832. The monoisotopic (exact) mass is 362 g/mol. The van der Waals surface area contributed by atoms with Crippen molar-refractivity contribution in [1.29, 1.82) is 0 Å². The molecule has 9 heteroatoms. The van der Waals surface area contributed by atoms with E-state index in [1.807, 2.05) is 0 Å². The van der Waals surface area contributed by atoms with Crippen LogP contribution in [0.15, 0.2) is 12.4 Å². The zero-order chi connectivity index (χ0) is 16.2. The fourth-order valence-corrected chi connectivity index (χ4v) is 4.55. The van der Waals surface area contributed by atoms with Crippen molar-refractivity contribution in [2.24, 2.45) is 17.3 Å². The van der Waals surface area contributed by atoms with E-state index in [0.29, 0.717) is 31.0 Å². The number of alkyl halides is 3. The van der Waals surface area contributed by atoms with E-state index >= 15 is 0 Å². The molecule has 3 heterocycles. The molecule has 5 nitrogen and oxygen atoms in total. The lowest BCUT2D eigenvalue weighted by Gasteiger charge is -2.40. The molecular weight excluding hydrogens is 345 g/mol. The molecule has 2 bridgehead atoms. The maximum Gasteiger partial charge on any atom is 0.434 e. The summed E-state index contributed by atoms with van der Waals surface area (Å²) in [5.41, 5.74) is -1.17. The van der Waals surface area contributed by atoms with Gasteiger partial charge in [0.2, 0.25) is 5.91 Å². The van der Waals surface area contributed by atoms with Crippen LogP contribution in [0.1, 0.15) is 25.0 Å². The summed E-state index contributed by atoms with van der Waals surface area (Å²) in [6, 6.07) is 0. The predicted octanol–water partition coefficient (Wildman–Crippen LogP) is 2.27. The maximum atomic E-state index is 12.8. The first-order valence-corrected chi connectivity index (χ1v) is 7.80. The largest absolute Gasteiger partial charge is 0.434 e. The van der Waals surface area contributed by atoms with Gasteiger partial charge in [-0.1, -0.05) is 0 Å². The average Bonchev–Trinajstić information content (AvgIpc) is 2.89. The highest BCUT2D eigenvalue weighted by Gasteiger charge is 2.58. The Bertz CT molecular complexity index is 638. The van der Waals surface area contributed by atoms with Crippen molar-refractivity contribution in [3.63, 3.8) is 0 Å². The number of piperidine rings is 1. The van der Waals surface area contributed by atoms with Crippen LogP contribution in [0.5, 0.6) is 0 Å². The Morgan fingerprint density at radius 3 is 2.50 bits per heavy atom. The highest BCUT2D eigenvalue weighted by molar-refractivity contribution is 5.95. The first-order valence-electron chi connectivity index (χ1n) is 7.80. The zero-order valence-electron chi connectivity index (χ0n) is 12.8. The molecular formula is C15H18ClF3N4O. The molecule has 1 aromatic rings. The van der Waals surface area contributed by atoms with Gasteiger partial charge in [0.15, 0.2) is 11.5 Å². The third-order valence-corrected chi connectivity index (χ3v) is 5.69. The van der Waals surface area contributed by atoms with Crippen LogP contribution >= 0.6 is 12.4 Å². The van der Waals surface area contributed by atoms with Crippen molar-refractivity contribution in [3.05, 3.63) is 18.1 Å². The van der Waals surface area contributed by atoms with Gasteiger partial charge in [-0.25, -0.2) is 4.98 Å². The SMILES string of the molecule is Cl.O=C1CC2(CN1c1cncc(C(F)(F)F)n1)C1CCC2CNC1. The fraction of sp³-hybridized carbons (Fsp3) is 0.667. The van der Waals surface area contributed by atoms with Crippen molar-refractivity contribution in [3.8, 4) is 0 Å². The van der Waals surface area contributed by atoms with Crippen molar-refractivity contribution in [1.82, 2.24) is 15.3 Å². The van der Waals surface area contributed by atoms with Crippen LogP contribution in [0.4, 0.5) is 19.0 Å². The lowest BCUT2D eigenvalue weighted by molar-refractivity contribution is -0.141. The number of anilines is 1. The lowest BCUT2D eigenvalue weighted by atomic mass is 9.69. The van der Waals surface area contributed by atoms with Gasteiger partial charge in [-0.3, -0.25) is 14.7 Å². The van der Waals surface area contributed by atoms with Crippen LogP contribution in [0, 0.1) is 17.3 Å². The molecule has 1 spiro atoms. The van der Waals surface area contributed by atoms with Gasteiger partial charge in [-0.05, 0) is 37.8 Å². The zero-order valence-corrected chi connectivity index (χ0v) is 13.7. The van der Waals surface area contributed by atoms with E-state index in [0.717, 1.165) is 25.9 Å². The Kier molecular flexibility index (Phi) is 4.24. The summed E-state index contributed by atoms with van der Waals surface area (Å²) in [4.78, 5) is 21.1. The first kappa shape index (κ1) is 17.4. The third kappa shape index (κ3) is 2.56. The van der Waals surface area contributed by atoms with E-state index in [9.17, 15) is 18.0 Å². The molecule has 1 aromatic heterocycles. The Balaban J connectivity index is 0.00000169. The molecule has 1 N–H and O–H groups in total. The molecule has 132 valence electrons. The summed E-state index contributed by atoms with van der Waals surface area (Å²) in [6.07, 6.45) is -0.0670. The summed E-state index contributed by atoms with van der Waals surface area (Å²) in [5, 5.41) is 3.39. The number of hydrogen-bond acceptors (Lipinski definition) is 4. The van der Waals surface area contributed by atoms with Gasteiger partial charge >= 0.3 is 6.18 Å². The van der Waals surface area contributed by atoms with Gasteiger partial charge in [-0.15, -0.1) is 12.4 Å². The summed E-state index contributed by atoms with van der Waals surface area (Å²) in [7, 11) is 0. The summed E-state index contributed by atoms with van der Waals surface area (Å²) in [5.74, 6) is 0.694. The molecule has 2 atom stereocenters. The van der Waals surface area contributed by atoms with Crippen LogP contribution in [0.25, 0.3) is 0 Å². The summed E-state index contributed by atoms with van der Waals surface area (Å²) < 4.78 is 38.5. The number of rotatable bonds is 1. The molecule has 0 radical (unpaired) electrons. The Morgan fingerprint density at radius 2 is 1.88 bits per heavy atom. The van der Waals surface area contributed by atoms with Crippen molar-refractivity contribution >= 4 is 24.1 Å². The Morgan fingerprint density at radius 1 is 1.21 bits per heavy atom. The van der Waals surface area contributed by atoms with Crippen LogP contribution in [-0.2, 0) is 11.0 Å². The number of halogens is 4. The van der Waals surface area contributed by atoms with Gasteiger partial charge in [0, 0.05) is 18.4 Å². The molecule has 0 aromatic carbocycles. The van der Waals surface area contributed by atoms with Crippen molar-refractivity contribution in [2.45, 2.75) is 25.4 Å². The van der Waals surface area contributed by atoms with Crippen LogP contribution in [0.3, 0.4) is 0 Å². The molecule has 1 aliphatic carbocycles. The van der Waals surface area contributed by atoms with Gasteiger partial charge < -0.3 is 5.32 Å². The molecule has 3 aliphatic rings. The molecule has 4 rings (SSSR count). The van der Waals surface area contributed by atoms with E-state index in [1.54, 1.807) is 0 Å². The summed E-state index contributed by atoms with van der Waals surface area (Å²) in [6.45, 7) is 2.22. The van der Waals surface area contributed by atoms with Crippen LogP contribution in [0.2, 0.25) is 0 Å². The fourth-order valence-electron chi connectivity index (χ4n) is 4.55. The normalized spacial score (nSPS) is 32.3. The number of aromatic nitrogens is 2. The number of carbonyl (C=O) groups is 1. The van der Waals surface area contributed by atoms with Crippen LogP contribution < -0.4 is 10.2 Å². The average molecular weight is 363 g/mol. The standard InChI is InChI=1S/C15H17F3N4O.ClH/c16-15(17,18)11-6-20-7-12(21-11)22-8-14(3-13(22)23)9-1-2-10(14)5-19-4-9;/h6-7,9-10,19H,1-5,8H2;1H. The highest BCUT2D eigenvalue weighted by Crippen LogP contribution is 2.55. The second-order valence-electron chi connectivity index (χ2n) is 6.78. The number of nitrogens with zero attached hydrogens (tertiary/aromatic N) is 3. The molecule has 1 amide bonds. The smallest absolute Gasteiger partial charge is 0.316 e. The Hall–Kier alpha value is -1.41. The van der Waals surface area contributed by atoms with Crippen molar-refractivity contribution < 1.29 is 18.0 Å². The van der Waals surface area contributed by atoms with Gasteiger partial charge in [0.25, 0.3) is 0 Å². The molecule has 2 saturated heterocycles. The minimum atomic E-state index is -4.56. The molecule has 24 heavy (non-hydrogen) atoms. The summed E-state index contributed by atoms with van der Waals surface area (Å²) >= 11 is 0. The number of nitrogens with one attached hydrogen (secondary N) is 1. The lowest BCUT2D eigenvalue weighted by Crippen LogP contribution is -2.48. The van der Waals surface area contributed by atoms with E-state index < -0.39 is 11.9 Å². The highest BCUT2D eigenvalue weighted by atomic mass is 35.5. The second kappa shape index (κ2) is 5.84. The molecule has 3 fully saturated rings. The van der Waals surface area contributed by atoms with E-state index in [2.05, 4.69) is 15.3 Å². The number of hydrogen-bond donors (Lipinski definition) is 1. The van der Waals surface area contributed by atoms with E-state index in [-0.39, 0.29) is 29.5 Å². The maximum absolute atomic E-state index is 12.8. The topological polar surface area (TPSA) is 58.1 Å². The number of carbonyl (C=O) groups excluding carboxylic acids is 1. The number of amides is 1. The minimum Gasteiger partial charge on any atom is -0.316 e. The van der Waals surface area contributed by atoms with Crippen molar-refractivity contribution in [2.75, 3.05) is 24.5 Å². The second-order valence-corrected chi connectivity index (χ2v) is 6.78. The molecule has 2 unspecified atom stereocenters. The minimum absolute atomic E-state index is 0. The Labute approximate surface area is 143 Å². The first-order chi connectivity index (χ1) is 10.9. The van der Waals surface area contributed by atoms with Gasteiger partial charge in [0.05, 0.1) is 12.4 Å². The van der Waals surface area contributed by atoms with Gasteiger partial charge in [-0.2, -0.15) is 13.2 Å². The third-order valence-electron chi connectivity index (χ3n) is 5.69. The van der Waals surface area contributed by atoms with Gasteiger partial charge in [0.1, 0.15) is 0 Å². The van der Waals surface area contributed by atoms with Crippen LogP contribution in [-0.4, -0.2) is 35.5 Å². The molecule has 1 saturated carbocycles. The van der Waals surface area contributed by atoms with E-state index in [4.69, 9.17) is 0 Å². The van der Waals surface area contributed by atoms with E-state index in [1.165, 1.54) is 11.1 Å². The predicted molar refractivity (Wildman–Crippen MR) is 82.8 cm³/mol. The molecule has 2 aliphatic heterocycles.